The number of rotatable bonds is 14. The molecular weight excluding hydrogens is 510 g/mol. The maximum Gasteiger partial charge on any atom is 0.259 e. The number of nitrogens with two attached hydrogens (primary N) is 1. The van der Waals surface area contributed by atoms with E-state index in [0.717, 1.165) is 19.3 Å². The summed E-state index contributed by atoms with van der Waals surface area (Å²) in [6.45, 7) is 3.76. The van der Waals surface area contributed by atoms with E-state index in [2.05, 4.69) is 31.2 Å². The van der Waals surface area contributed by atoms with Crippen molar-refractivity contribution >= 4 is 32.5 Å². The largest absolute Gasteiger partial charge is 0.383 e. The van der Waals surface area contributed by atoms with Crippen molar-refractivity contribution in [2.45, 2.75) is 25.7 Å². The van der Waals surface area contributed by atoms with Crippen LogP contribution in [0.4, 0.5) is 14.5 Å². The number of benzene rings is 2. The third-order valence-corrected chi connectivity index (χ3v) is 5.74. The molecule has 2 aromatic carbocycles. The fourth-order valence-corrected chi connectivity index (χ4v) is 3.84. The van der Waals surface area contributed by atoms with E-state index >= 15 is 0 Å². The standard InChI is InChI=1S/C24H29BrF2N4O3/c25-19-13-16(26)5-6-17(19)23-30-21-15-22(20(27)14-18(21)24(32)31-23)29-8-4-12-34-10-2-1-9-33-11-3-7-28/h5-6,13-15,29H,1-4,7-12,28H2,(H,30,31,32). The molecule has 0 spiro atoms. The topological polar surface area (TPSA) is 102 Å². The van der Waals surface area contributed by atoms with E-state index < -0.39 is 17.2 Å². The third kappa shape index (κ3) is 7.56. The van der Waals surface area contributed by atoms with Crippen LogP contribution in [0.5, 0.6) is 0 Å². The molecule has 1 heterocycles. The van der Waals surface area contributed by atoms with Gasteiger partial charge in [-0.05, 0) is 78.5 Å². The lowest BCUT2D eigenvalue weighted by Gasteiger charge is -2.10. The summed E-state index contributed by atoms with van der Waals surface area (Å²) in [4.78, 5) is 19.6. The molecule has 10 heteroatoms. The lowest BCUT2D eigenvalue weighted by atomic mass is 10.1. The Hall–Kier alpha value is -2.40. The Balaban J connectivity index is 1.52. The molecule has 3 aromatic rings. The molecule has 0 saturated carbocycles. The number of hydrogen-bond acceptors (Lipinski definition) is 6. The second-order valence-corrected chi connectivity index (χ2v) is 8.60. The zero-order valence-corrected chi connectivity index (χ0v) is 20.4. The minimum Gasteiger partial charge on any atom is -0.383 e. The number of fused-ring (bicyclic) bond motifs is 1. The predicted molar refractivity (Wildman–Crippen MR) is 133 cm³/mol. The number of nitrogens with zero attached hydrogens (tertiary/aromatic N) is 1. The Morgan fingerprint density at radius 3 is 2.41 bits per heavy atom. The van der Waals surface area contributed by atoms with Crippen LogP contribution < -0.4 is 16.6 Å². The molecule has 7 nitrogen and oxygen atoms in total. The van der Waals surface area contributed by atoms with E-state index in [1.54, 1.807) is 0 Å². The highest BCUT2D eigenvalue weighted by Gasteiger charge is 2.13. The summed E-state index contributed by atoms with van der Waals surface area (Å²) in [6, 6.07) is 6.75. The minimum atomic E-state index is -0.536. The van der Waals surface area contributed by atoms with Crippen LogP contribution in [0.15, 0.2) is 39.6 Å². The van der Waals surface area contributed by atoms with E-state index in [1.807, 2.05) is 0 Å². The molecule has 0 unspecified atom stereocenters. The number of anilines is 1. The second kappa shape index (κ2) is 13.5. The fraction of sp³-hybridized carbons (Fsp3) is 0.417. The molecule has 0 amide bonds. The van der Waals surface area contributed by atoms with Gasteiger partial charge in [0, 0.05) is 43.0 Å². The summed E-state index contributed by atoms with van der Waals surface area (Å²) < 4.78 is 39.4. The summed E-state index contributed by atoms with van der Waals surface area (Å²) >= 11 is 3.28. The van der Waals surface area contributed by atoms with Gasteiger partial charge in [-0.1, -0.05) is 0 Å². The maximum atomic E-state index is 14.5. The maximum absolute atomic E-state index is 14.5. The van der Waals surface area contributed by atoms with Crippen LogP contribution in [-0.4, -0.2) is 49.5 Å². The first kappa shape index (κ1) is 26.2. The number of nitrogens with one attached hydrogen (secondary N) is 2. The van der Waals surface area contributed by atoms with Gasteiger partial charge in [0.05, 0.1) is 16.6 Å². The molecule has 34 heavy (non-hydrogen) atoms. The number of aromatic amines is 1. The van der Waals surface area contributed by atoms with Crippen molar-refractivity contribution in [1.29, 1.82) is 0 Å². The molecule has 0 aliphatic carbocycles. The van der Waals surface area contributed by atoms with Crippen molar-refractivity contribution in [1.82, 2.24) is 9.97 Å². The minimum absolute atomic E-state index is 0.139. The van der Waals surface area contributed by atoms with E-state index in [0.29, 0.717) is 61.5 Å². The lowest BCUT2D eigenvalue weighted by molar-refractivity contribution is 0.102. The predicted octanol–water partition coefficient (Wildman–Crippen LogP) is 4.60. The summed E-state index contributed by atoms with van der Waals surface area (Å²) in [6.07, 6.45) is 3.43. The average molecular weight is 539 g/mol. The van der Waals surface area contributed by atoms with Crippen LogP contribution in [0.25, 0.3) is 22.3 Å². The Kier molecular flexibility index (Phi) is 10.4. The van der Waals surface area contributed by atoms with Crippen molar-refractivity contribution in [3.05, 3.63) is 56.8 Å². The number of unbranched alkanes of at least 4 members (excludes halogenated alkanes) is 1. The van der Waals surface area contributed by atoms with Crippen molar-refractivity contribution < 1.29 is 18.3 Å². The molecule has 0 fully saturated rings. The molecule has 4 N–H and O–H groups in total. The molecule has 0 saturated heterocycles. The Labute approximate surface area is 205 Å². The molecule has 3 rings (SSSR count). The Morgan fingerprint density at radius 2 is 1.71 bits per heavy atom. The Morgan fingerprint density at radius 1 is 1.00 bits per heavy atom. The number of hydrogen-bond donors (Lipinski definition) is 3. The van der Waals surface area contributed by atoms with Crippen molar-refractivity contribution in [2.75, 3.05) is 44.8 Å². The van der Waals surface area contributed by atoms with Gasteiger partial charge in [0.15, 0.2) is 0 Å². The highest BCUT2D eigenvalue weighted by Crippen LogP contribution is 2.27. The monoisotopic (exact) mass is 538 g/mol. The van der Waals surface area contributed by atoms with E-state index in [1.165, 1.54) is 30.3 Å². The van der Waals surface area contributed by atoms with Gasteiger partial charge in [0.2, 0.25) is 0 Å². The number of ether oxygens (including phenoxy) is 2. The number of aromatic nitrogens is 2. The first-order valence-corrected chi connectivity index (χ1v) is 12.1. The van der Waals surface area contributed by atoms with Gasteiger partial charge in [-0.3, -0.25) is 4.79 Å². The van der Waals surface area contributed by atoms with Crippen molar-refractivity contribution in [2.24, 2.45) is 5.73 Å². The van der Waals surface area contributed by atoms with Crippen molar-refractivity contribution in [3.8, 4) is 11.4 Å². The van der Waals surface area contributed by atoms with Gasteiger partial charge in [0.25, 0.3) is 5.56 Å². The molecule has 184 valence electrons. The fourth-order valence-electron chi connectivity index (χ4n) is 3.30. The van der Waals surface area contributed by atoms with Gasteiger partial charge in [-0.2, -0.15) is 0 Å². The highest BCUT2D eigenvalue weighted by molar-refractivity contribution is 9.10. The molecule has 0 aliphatic rings. The Bertz CT molecular complexity index is 1140. The zero-order chi connectivity index (χ0) is 24.3. The lowest BCUT2D eigenvalue weighted by Crippen LogP contribution is -2.12. The average Bonchev–Trinajstić information content (AvgIpc) is 2.80. The summed E-state index contributed by atoms with van der Waals surface area (Å²) in [5.41, 5.74) is 6.05. The molecule has 0 atom stereocenters. The normalized spacial score (nSPS) is 11.3. The van der Waals surface area contributed by atoms with Crippen LogP contribution in [0.3, 0.4) is 0 Å². The quantitative estimate of drug-likeness (QED) is 0.259. The highest BCUT2D eigenvalue weighted by atomic mass is 79.9. The van der Waals surface area contributed by atoms with Gasteiger partial charge in [0.1, 0.15) is 17.5 Å². The summed E-state index contributed by atoms with van der Waals surface area (Å²) in [5.74, 6) is -0.685. The molecule has 0 radical (unpaired) electrons. The number of H-pyrrole nitrogens is 1. The molecule has 0 aliphatic heterocycles. The molecule has 1 aromatic heterocycles. The smallest absolute Gasteiger partial charge is 0.259 e. The van der Waals surface area contributed by atoms with E-state index in [4.69, 9.17) is 15.2 Å². The van der Waals surface area contributed by atoms with Gasteiger partial charge in [-0.25, -0.2) is 13.8 Å². The first-order valence-electron chi connectivity index (χ1n) is 11.3. The van der Waals surface area contributed by atoms with Crippen LogP contribution in [0.1, 0.15) is 25.7 Å². The second-order valence-electron chi connectivity index (χ2n) is 7.74. The van der Waals surface area contributed by atoms with E-state index in [9.17, 15) is 13.6 Å². The zero-order valence-electron chi connectivity index (χ0n) is 18.8. The third-order valence-electron chi connectivity index (χ3n) is 5.08. The summed E-state index contributed by atoms with van der Waals surface area (Å²) in [5, 5.41) is 3.18. The van der Waals surface area contributed by atoms with Gasteiger partial charge < -0.3 is 25.5 Å². The first-order chi connectivity index (χ1) is 16.5. The van der Waals surface area contributed by atoms with Crippen LogP contribution in [0.2, 0.25) is 0 Å². The summed E-state index contributed by atoms with van der Waals surface area (Å²) in [7, 11) is 0. The molecule has 0 bridgehead atoms. The van der Waals surface area contributed by atoms with Crippen LogP contribution >= 0.6 is 15.9 Å². The van der Waals surface area contributed by atoms with Gasteiger partial charge in [-0.15, -0.1) is 0 Å². The van der Waals surface area contributed by atoms with E-state index in [-0.39, 0.29) is 16.9 Å². The van der Waals surface area contributed by atoms with Gasteiger partial charge >= 0.3 is 0 Å². The van der Waals surface area contributed by atoms with Crippen molar-refractivity contribution in [3.63, 3.8) is 0 Å². The number of halogens is 3. The van der Waals surface area contributed by atoms with Crippen LogP contribution in [-0.2, 0) is 9.47 Å². The SMILES string of the molecule is NCCCOCCCCOCCCNc1cc2nc(-c3ccc(F)cc3Br)[nH]c(=O)c2cc1F. The molecular formula is C24H29BrF2N4O3. The van der Waals surface area contributed by atoms with Crippen LogP contribution in [0, 0.1) is 11.6 Å².